The first-order valence-electron chi connectivity index (χ1n) is 7.61. The number of hydrogen-bond donors (Lipinski definition) is 2. The van der Waals surface area contributed by atoms with Gasteiger partial charge in [-0.05, 0) is 38.6 Å². The maximum atomic E-state index is 11.1. The van der Waals surface area contributed by atoms with Gasteiger partial charge in [0, 0.05) is 5.54 Å². The van der Waals surface area contributed by atoms with Gasteiger partial charge in [0.15, 0.2) is 0 Å². The number of carbonyl (C=O) groups is 1. The molecule has 0 heterocycles. The molecule has 3 nitrogen and oxygen atoms in total. The first-order chi connectivity index (χ1) is 8.63. The van der Waals surface area contributed by atoms with Gasteiger partial charge in [0.2, 0.25) is 0 Å². The smallest absolute Gasteiger partial charge is 0.306 e. The minimum atomic E-state index is -0.622. The number of carboxylic acid groups (broad SMARTS) is 1. The van der Waals surface area contributed by atoms with Crippen molar-refractivity contribution in [3.63, 3.8) is 0 Å². The molecular formula is C15H29NO2. The van der Waals surface area contributed by atoms with Crippen molar-refractivity contribution in [3.8, 4) is 0 Å². The maximum absolute atomic E-state index is 11.1. The molecule has 0 bridgehead atoms. The fraction of sp³-hybridized carbons (Fsp3) is 0.933. The second-order valence-corrected chi connectivity index (χ2v) is 5.78. The van der Waals surface area contributed by atoms with Gasteiger partial charge in [-0.25, -0.2) is 0 Å². The van der Waals surface area contributed by atoms with Crippen molar-refractivity contribution < 1.29 is 9.90 Å². The Morgan fingerprint density at radius 2 is 1.89 bits per heavy atom. The zero-order valence-corrected chi connectivity index (χ0v) is 12.0. The van der Waals surface area contributed by atoms with Crippen molar-refractivity contribution in [3.05, 3.63) is 0 Å². The lowest BCUT2D eigenvalue weighted by molar-refractivity contribution is -0.142. The van der Waals surface area contributed by atoms with E-state index in [-0.39, 0.29) is 5.92 Å². The van der Waals surface area contributed by atoms with Crippen LogP contribution < -0.4 is 5.32 Å². The van der Waals surface area contributed by atoms with Crippen molar-refractivity contribution in [1.29, 1.82) is 0 Å². The molecule has 0 spiro atoms. The van der Waals surface area contributed by atoms with Crippen LogP contribution in [0.15, 0.2) is 0 Å². The van der Waals surface area contributed by atoms with E-state index in [9.17, 15) is 4.79 Å². The summed E-state index contributed by atoms with van der Waals surface area (Å²) in [7, 11) is 0. The number of rotatable bonds is 11. The van der Waals surface area contributed by atoms with E-state index in [4.69, 9.17) is 5.11 Å². The highest BCUT2D eigenvalue weighted by molar-refractivity contribution is 5.69. The third-order valence-corrected chi connectivity index (χ3v) is 4.11. The summed E-state index contributed by atoms with van der Waals surface area (Å²) in [6.45, 7) is 5.20. The second kappa shape index (κ2) is 7.78. The summed E-state index contributed by atoms with van der Waals surface area (Å²) in [5, 5.41) is 12.8. The normalized spacial score (nSPS) is 18.6. The lowest BCUT2D eigenvalue weighted by Gasteiger charge is -2.19. The highest BCUT2D eigenvalue weighted by atomic mass is 16.4. The fourth-order valence-corrected chi connectivity index (χ4v) is 2.53. The first-order valence-corrected chi connectivity index (χ1v) is 7.61. The number of hydrogen-bond acceptors (Lipinski definition) is 2. The molecule has 0 aromatic heterocycles. The Labute approximate surface area is 111 Å². The van der Waals surface area contributed by atoms with E-state index in [1.54, 1.807) is 0 Å². The molecule has 1 rings (SSSR count). The number of aliphatic carboxylic acids is 1. The third-order valence-electron chi connectivity index (χ3n) is 4.11. The predicted octanol–water partition coefficient (Wildman–Crippen LogP) is 3.58. The Hall–Kier alpha value is -0.570. The monoisotopic (exact) mass is 255 g/mol. The number of carboxylic acids is 1. The molecule has 0 radical (unpaired) electrons. The van der Waals surface area contributed by atoms with E-state index in [0.717, 1.165) is 32.2 Å². The quantitative estimate of drug-likeness (QED) is 0.593. The zero-order chi connectivity index (χ0) is 13.4. The van der Waals surface area contributed by atoms with Crippen LogP contribution in [0.4, 0.5) is 0 Å². The van der Waals surface area contributed by atoms with Crippen LogP contribution in [0, 0.1) is 5.92 Å². The minimum absolute atomic E-state index is 0.153. The van der Waals surface area contributed by atoms with Crippen molar-refractivity contribution in [2.45, 2.75) is 77.2 Å². The zero-order valence-electron chi connectivity index (χ0n) is 12.0. The molecule has 0 aliphatic heterocycles. The fourth-order valence-electron chi connectivity index (χ4n) is 2.53. The average Bonchev–Trinajstić information content (AvgIpc) is 3.11. The summed E-state index contributed by atoms with van der Waals surface area (Å²) in [5.41, 5.74) is 0.379. The van der Waals surface area contributed by atoms with Gasteiger partial charge in [0.1, 0.15) is 0 Å². The molecule has 2 N–H and O–H groups in total. The molecule has 1 atom stereocenters. The predicted molar refractivity (Wildman–Crippen MR) is 74.8 cm³/mol. The van der Waals surface area contributed by atoms with E-state index < -0.39 is 5.97 Å². The largest absolute Gasteiger partial charge is 0.481 e. The molecule has 1 aliphatic carbocycles. The van der Waals surface area contributed by atoms with Gasteiger partial charge >= 0.3 is 5.97 Å². The molecule has 18 heavy (non-hydrogen) atoms. The highest BCUT2D eigenvalue weighted by Crippen LogP contribution is 2.40. The van der Waals surface area contributed by atoms with Gasteiger partial charge in [-0.1, -0.05) is 39.5 Å². The molecule has 0 saturated heterocycles. The van der Waals surface area contributed by atoms with Crippen LogP contribution in [0.2, 0.25) is 0 Å². The summed E-state index contributed by atoms with van der Waals surface area (Å²) in [6.07, 6.45) is 10.1. The van der Waals surface area contributed by atoms with Crippen LogP contribution in [0.1, 0.15) is 71.6 Å². The van der Waals surface area contributed by atoms with Crippen molar-refractivity contribution in [2.24, 2.45) is 5.92 Å². The average molecular weight is 255 g/mol. The molecule has 1 saturated carbocycles. The van der Waals surface area contributed by atoms with Crippen LogP contribution in [0.25, 0.3) is 0 Å². The van der Waals surface area contributed by atoms with E-state index >= 15 is 0 Å². The second-order valence-electron chi connectivity index (χ2n) is 5.78. The van der Waals surface area contributed by atoms with E-state index in [1.807, 2.05) is 0 Å². The molecular weight excluding hydrogens is 226 g/mol. The van der Waals surface area contributed by atoms with Gasteiger partial charge in [0.05, 0.1) is 5.92 Å². The van der Waals surface area contributed by atoms with Crippen LogP contribution in [-0.4, -0.2) is 23.2 Å². The summed E-state index contributed by atoms with van der Waals surface area (Å²) in [6, 6.07) is 0. The van der Waals surface area contributed by atoms with Gasteiger partial charge in [-0.2, -0.15) is 0 Å². The molecule has 0 aromatic rings. The Morgan fingerprint density at radius 3 is 2.39 bits per heavy atom. The number of nitrogens with one attached hydrogen (secondary N) is 1. The molecule has 0 amide bonds. The van der Waals surface area contributed by atoms with Crippen LogP contribution in [-0.2, 0) is 4.79 Å². The Kier molecular flexibility index (Phi) is 6.69. The summed E-state index contributed by atoms with van der Waals surface area (Å²) >= 11 is 0. The molecule has 106 valence electrons. The Morgan fingerprint density at radius 1 is 1.22 bits per heavy atom. The van der Waals surface area contributed by atoms with Crippen LogP contribution in [0.5, 0.6) is 0 Å². The van der Waals surface area contributed by atoms with E-state index in [1.165, 1.54) is 32.1 Å². The lowest BCUT2D eigenvalue weighted by Crippen LogP contribution is -2.33. The van der Waals surface area contributed by atoms with Crippen molar-refractivity contribution in [1.82, 2.24) is 5.32 Å². The summed E-state index contributed by atoms with van der Waals surface area (Å²) in [4.78, 5) is 11.1. The summed E-state index contributed by atoms with van der Waals surface area (Å²) in [5.74, 6) is -0.775. The highest BCUT2D eigenvalue weighted by Gasteiger charge is 2.40. The third kappa shape index (κ3) is 5.38. The Balaban J connectivity index is 2.20. The van der Waals surface area contributed by atoms with Crippen molar-refractivity contribution in [2.75, 3.05) is 6.54 Å². The first kappa shape index (κ1) is 15.5. The Bertz CT molecular complexity index is 249. The van der Waals surface area contributed by atoms with E-state index in [0.29, 0.717) is 5.54 Å². The molecule has 1 aliphatic rings. The van der Waals surface area contributed by atoms with Crippen LogP contribution in [0.3, 0.4) is 0 Å². The SMILES string of the molecule is CCCCC(CCNC1(CCCC)CC1)C(=O)O. The topological polar surface area (TPSA) is 49.3 Å². The van der Waals surface area contributed by atoms with Gasteiger partial charge in [-0.3, -0.25) is 4.79 Å². The van der Waals surface area contributed by atoms with Crippen LogP contribution >= 0.6 is 0 Å². The maximum Gasteiger partial charge on any atom is 0.306 e. The molecule has 3 heteroatoms. The number of unbranched alkanes of at least 4 members (excludes halogenated alkanes) is 2. The molecule has 1 fully saturated rings. The van der Waals surface area contributed by atoms with Crippen molar-refractivity contribution >= 4 is 5.97 Å². The lowest BCUT2D eigenvalue weighted by atomic mass is 9.98. The molecule has 1 unspecified atom stereocenters. The van der Waals surface area contributed by atoms with Gasteiger partial charge < -0.3 is 10.4 Å². The summed E-state index contributed by atoms with van der Waals surface area (Å²) < 4.78 is 0. The van der Waals surface area contributed by atoms with Gasteiger partial charge in [0.25, 0.3) is 0 Å². The van der Waals surface area contributed by atoms with E-state index in [2.05, 4.69) is 19.2 Å². The minimum Gasteiger partial charge on any atom is -0.481 e. The standard InChI is InChI=1S/C15H29NO2/c1-3-5-7-13(14(17)18)8-12-16-15(10-11-15)9-6-4-2/h13,16H,3-12H2,1-2H3,(H,17,18). The molecule has 0 aromatic carbocycles. The van der Waals surface area contributed by atoms with Gasteiger partial charge in [-0.15, -0.1) is 0 Å².